The molecule has 6 heteroatoms. The Morgan fingerprint density at radius 2 is 1.31 bits per heavy atom. The SMILES string of the molecule is CCCOC1=C(c2ccccc2)C(=O)C1(O)C1(c2ccccc2)C(=O)C(O)=C1OCCC. The van der Waals surface area contributed by atoms with Gasteiger partial charge in [-0.2, -0.15) is 0 Å². The second-order valence-electron chi connectivity index (χ2n) is 7.93. The lowest BCUT2D eigenvalue weighted by Crippen LogP contribution is -2.72. The highest BCUT2D eigenvalue weighted by Gasteiger charge is 2.78. The first-order chi connectivity index (χ1) is 15.5. The van der Waals surface area contributed by atoms with E-state index in [1.807, 2.05) is 19.9 Å². The highest BCUT2D eigenvalue weighted by molar-refractivity contribution is 6.37. The summed E-state index contributed by atoms with van der Waals surface area (Å²) in [7, 11) is 0. The Morgan fingerprint density at radius 3 is 1.88 bits per heavy atom. The summed E-state index contributed by atoms with van der Waals surface area (Å²) in [5.74, 6) is -2.06. The zero-order chi connectivity index (χ0) is 22.9. The first-order valence-electron chi connectivity index (χ1n) is 10.8. The maximum absolute atomic E-state index is 13.6. The van der Waals surface area contributed by atoms with Crippen LogP contribution in [0.3, 0.4) is 0 Å². The van der Waals surface area contributed by atoms with E-state index in [2.05, 4.69) is 0 Å². The quantitative estimate of drug-likeness (QED) is 0.623. The molecule has 0 saturated heterocycles. The minimum Gasteiger partial charge on any atom is -0.502 e. The van der Waals surface area contributed by atoms with E-state index in [1.165, 1.54) is 0 Å². The van der Waals surface area contributed by atoms with Crippen molar-refractivity contribution in [3.63, 3.8) is 0 Å². The molecule has 2 aliphatic rings. The van der Waals surface area contributed by atoms with Crippen molar-refractivity contribution in [2.75, 3.05) is 13.2 Å². The zero-order valence-electron chi connectivity index (χ0n) is 18.1. The molecule has 2 aromatic rings. The van der Waals surface area contributed by atoms with Gasteiger partial charge in [-0.25, -0.2) is 0 Å². The molecule has 0 bridgehead atoms. The zero-order valence-corrected chi connectivity index (χ0v) is 18.1. The van der Waals surface area contributed by atoms with Gasteiger partial charge in [0.15, 0.2) is 11.2 Å². The lowest BCUT2D eigenvalue weighted by Gasteiger charge is -2.54. The standard InChI is InChI=1S/C26H26O6/c1-3-15-31-23-19(17-11-7-5-8-12-17)21(28)26(23,30)25(18-13-9-6-10-14-18)22(29)20(27)24(25)32-16-4-2/h5-14,27,30H,3-4,15-16H2,1-2H3. The fraction of sp³-hybridized carbons (Fsp3) is 0.308. The van der Waals surface area contributed by atoms with Crippen molar-refractivity contribution in [3.8, 4) is 0 Å². The molecule has 0 saturated carbocycles. The molecule has 0 heterocycles. The smallest absolute Gasteiger partial charge is 0.222 e. The summed E-state index contributed by atoms with van der Waals surface area (Å²) >= 11 is 0. The molecule has 0 fully saturated rings. The predicted molar refractivity (Wildman–Crippen MR) is 119 cm³/mol. The van der Waals surface area contributed by atoms with Crippen molar-refractivity contribution in [2.45, 2.75) is 37.7 Å². The number of hydrogen-bond acceptors (Lipinski definition) is 6. The van der Waals surface area contributed by atoms with Crippen LogP contribution in [0.5, 0.6) is 0 Å². The number of aliphatic hydroxyl groups excluding tert-OH is 1. The summed E-state index contributed by atoms with van der Waals surface area (Å²) in [4.78, 5) is 27.0. The number of hydrogen-bond donors (Lipinski definition) is 2. The summed E-state index contributed by atoms with van der Waals surface area (Å²) in [6.07, 6.45) is 1.26. The summed E-state index contributed by atoms with van der Waals surface area (Å²) in [5.41, 5.74) is -3.07. The number of ether oxygens (including phenoxy) is 2. The van der Waals surface area contributed by atoms with Crippen LogP contribution in [0, 0.1) is 0 Å². The van der Waals surface area contributed by atoms with E-state index in [1.54, 1.807) is 54.6 Å². The van der Waals surface area contributed by atoms with Crippen LogP contribution < -0.4 is 0 Å². The van der Waals surface area contributed by atoms with Gasteiger partial charge < -0.3 is 19.7 Å². The van der Waals surface area contributed by atoms with Crippen molar-refractivity contribution in [3.05, 3.63) is 89.1 Å². The molecule has 2 aromatic carbocycles. The molecule has 0 aliphatic heterocycles. The average molecular weight is 434 g/mol. The largest absolute Gasteiger partial charge is 0.502 e. The summed E-state index contributed by atoms with van der Waals surface area (Å²) in [6, 6.07) is 17.4. The van der Waals surface area contributed by atoms with Crippen LogP contribution in [0.25, 0.3) is 5.57 Å². The fourth-order valence-electron chi connectivity index (χ4n) is 4.46. The van der Waals surface area contributed by atoms with Crippen molar-refractivity contribution < 1.29 is 29.3 Å². The van der Waals surface area contributed by atoms with Gasteiger partial charge in [0.1, 0.15) is 5.76 Å². The number of ketones is 2. The van der Waals surface area contributed by atoms with E-state index >= 15 is 0 Å². The molecule has 0 amide bonds. The Labute approximate surface area is 186 Å². The summed E-state index contributed by atoms with van der Waals surface area (Å²) < 4.78 is 11.7. The van der Waals surface area contributed by atoms with Crippen LogP contribution in [-0.4, -0.2) is 40.6 Å². The topological polar surface area (TPSA) is 93.1 Å². The van der Waals surface area contributed by atoms with Crippen molar-refractivity contribution in [1.82, 2.24) is 0 Å². The van der Waals surface area contributed by atoms with Crippen LogP contribution >= 0.6 is 0 Å². The van der Waals surface area contributed by atoms with Crippen LogP contribution in [0.4, 0.5) is 0 Å². The molecule has 2 aliphatic carbocycles. The number of carbonyl (C=O) groups excluding carboxylic acids is 2. The van der Waals surface area contributed by atoms with Gasteiger partial charge >= 0.3 is 0 Å². The van der Waals surface area contributed by atoms with E-state index in [4.69, 9.17) is 9.47 Å². The lowest BCUT2D eigenvalue weighted by molar-refractivity contribution is -0.160. The molecule has 0 spiro atoms. The molecule has 2 N–H and O–H groups in total. The van der Waals surface area contributed by atoms with Gasteiger partial charge in [-0.3, -0.25) is 9.59 Å². The third-order valence-electron chi connectivity index (χ3n) is 5.94. The van der Waals surface area contributed by atoms with Gasteiger partial charge in [0, 0.05) is 0 Å². The summed E-state index contributed by atoms with van der Waals surface area (Å²) in [6.45, 7) is 4.26. The number of benzene rings is 2. The van der Waals surface area contributed by atoms with E-state index in [-0.39, 0.29) is 30.3 Å². The Hall–Kier alpha value is -3.38. The van der Waals surface area contributed by atoms with Gasteiger partial charge in [0.05, 0.1) is 18.8 Å². The molecule has 2 unspecified atom stereocenters. The third-order valence-corrected chi connectivity index (χ3v) is 5.94. The van der Waals surface area contributed by atoms with Gasteiger partial charge in [-0.15, -0.1) is 0 Å². The monoisotopic (exact) mass is 434 g/mol. The van der Waals surface area contributed by atoms with E-state index < -0.39 is 28.3 Å². The average Bonchev–Trinajstić information content (AvgIpc) is 2.84. The third kappa shape index (κ3) is 2.76. The minimum absolute atomic E-state index is 0.0258. The fourth-order valence-corrected chi connectivity index (χ4v) is 4.46. The van der Waals surface area contributed by atoms with Crippen LogP contribution in [0.15, 0.2) is 77.9 Å². The minimum atomic E-state index is -2.33. The Kier molecular flexibility index (Phi) is 5.65. The molecular formula is C26H26O6. The molecule has 2 atom stereocenters. The van der Waals surface area contributed by atoms with Crippen molar-refractivity contribution >= 4 is 17.1 Å². The number of carbonyl (C=O) groups is 2. The Morgan fingerprint density at radius 1 is 0.781 bits per heavy atom. The normalized spacial score (nSPS) is 24.8. The molecule has 32 heavy (non-hydrogen) atoms. The van der Waals surface area contributed by atoms with Crippen LogP contribution in [-0.2, 0) is 24.5 Å². The predicted octanol–water partition coefficient (Wildman–Crippen LogP) is 3.86. The van der Waals surface area contributed by atoms with E-state index in [9.17, 15) is 19.8 Å². The summed E-state index contributed by atoms with van der Waals surface area (Å²) in [5, 5.41) is 22.4. The first kappa shape index (κ1) is 21.8. The Bertz CT molecular complexity index is 1100. The van der Waals surface area contributed by atoms with Crippen LogP contribution in [0.1, 0.15) is 37.8 Å². The number of allylic oxidation sites excluding steroid dienone is 1. The molecule has 0 radical (unpaired) electrons. The number of aliphatic hydroxyl groups is 2. The second kappa shape index (κ2) is 8.28. The van der Waals surface area contributed by atoms with Crippen molar-refractivity contribution in [1.29, 1.82) is 0 Å². The van der Waals surface area contributed by atoms with E-state index in [0.717, 1.165) is 0 Å². The van der Waals surface area contributed by atoms with Gasteiger partial charge in [0.2, 0.25) is 22.9 Å². The number of Topliss-reactive ketones (excluding diaryl/α,β-unsaturated/α-hetero) is 2. The van der Waals surface area contributed by atoms with Crippen LogP contribution in [0.2, 0.25) is 0 Å². The molecule has 0 aromatic heterocycles. The number of rotatable bonds is 9. The molecule has 166 valence electrons. The second-order valence-corrected chi connectivity index (χ2v) is 7.93. The maximum atomic E-state index is 13.6. The van der Waals surface area contributed by atoms with Gasteiger partial charge in [-0.05, 0) is 24.0 Å². The Balaban J connectivity index is 1.97. The first-order valence-corrected chi connectivity index (χ1v) is 10.8. The lowest BCUT2D eigenvalue weighted by atomic mass is 9.50. The molecule has 6 nitrogen and oxygen atoms in total. The maximum Gasteiger partial charge on any atom is 0.222 e. The highest BCUT2D eigenvalue weighted by Crippen LogP contribution is 2.60. The van der Waals surface area contributed by atoms with Gasteiger partial charge in [-0.1, -0.05) is 74.5 Å². The molecular weight excluding hydrogens is 408 g/mol. The highest BCUT2D eigenvalue weighted by atomic mass is 16.5. The van der Waals surface area contributed by atoms with Crippen molar-refractivity contribution in [2.24, 2.45) is 0 Å². The van der Waals surface area contributed by atoms with Gasteiger partial charge in [0.25, 0.3) is 0 Å². The van der Waals surface area contributed by atoms with E-state index in [0.29, 0.717) is 24.0 Å². The molecule has 4 rings (SSSR count).